The first kappa shape index (κ1) is 20.6. The van der Waals surface area contributed by atoms with Gasteiger partial charge in [0.25, 0.3) is 0 Å². The van der Waals surface area contributed by atoms with E-state index in [1.54, 1.807) is 12.4 Å². The summed E-state index contributed by atoms with van der Waals surface area (Å²) >= 11 is 0. The van der Waals surface area contributed by atoms with E-state index in [1.807, 2.05) is 30.0 Å². The first-order valence-corrected chi connectivity index (χ1v) is 11.1. The molecule has 3 atom stereocenters. The number of hydrogen-bond donors (Lipinski definition) is 1. The van der Waals surface area contributed by atoms with Crippen LogP contribution in [0.3, 0.4) is 0 Å². The van der Waals surface area contributed by atoms with Crippen LogP contribution in [-0.4, -0.2) is 41.3 Å². The molecule has 1 aromatic heterocycles. The predicted octanol–water partition coefficient (Wildman–Crippen LogP) is 3.69. The molecular weight excluding hydrogens is 374 g/mol. The van der Waals surface area contributed by atoms with Gasteiger partial charge in [-0.25, -0.2) is 0 Å². The van der Waals surface area contributed by atoms with Gasteiger partial charge in [-0.3, -0.25) is 14.6 Å². The van der Waals surface area contributed by atoms with Gasteiger partial charge in [0.15, 0.2) is 0 Å². The summed E-state index contributed by atoms with van der Waals surface area (Å²) < 4.78 is 0. The summed E-state index contributed by atoms with van der Waals surface area (Å²) in [6, 6.07) is 12.4. The Morgan fingerprint density at radius 3 is 2.67 bits per heavy atom. The number of benzene rings is 1. The number of amides is 2. The Kier molecular flexibility index (Phi) is 5.89. The van der Waals surface area contributed by atoms with Crippen LogP contribution in [0.4, 0.5) is 0 Å². The molecule has 2 heterocycles. The van der Waals surface area contributed by atoms with Crippen LogP contribution in [0.1, 0.15) is 38.7 Å². The van der Waals surface area contributed by atoms with E-state index in [9.17, 15) is 9.59 Å². The van der Waals surface area contributed by atoms with E-state index in [4.69, 9.17) is 0 Å². The fraction of sp³-hybridized carbons (Fsp3) is 0.480. The van der Waals surface area contributed by atoms with Crippen molar-refractivity contribution in [2.75, 3.05) is 19.6 Å². The highest BCUT2D eigenvalue weighted by atomic mass is 16.2. The quantitative estimate of drug-likeness (QED) is 0.797. The normalized spacial score (nSPS) is 25.6. The minimum Gasteiger partial charge on any atom is -0.356 e. The van der Waals surface area contributed by atoms with Crippen molar-refractivity contribution < 1.29 is 9.59 Å². The molecule has 2 aliphatic rings. The lowest BCUT2D eigenvalue weighted by molar-refractivity contribution is -0.142. The van der Waals surface area contributed by atoms with Gasteiger partial charge in [0.1, 0.15) is 0 Å². The zero-order chi connectivity index (χ0) is 21.1. The Hall–Kier alpha value is -2.69. The molecule has 158 valence electrons. The second-order valence-corrected chi connectivity index (χ2v) is 8.94. The number of nitrogens with one attached hydrogen (secondary N) is 1. The lowest BCUT2D eigenvalue weighted by Crippen LogP contribution is -2.54. The largest absolute Gasteiger partial charge is 0.356 e. The minimum absolute atomic E-state index is 0.0701. The van der Waals surface area contributed by atoms with Crippen LogP contribution >= 0.6 is 0 Å². The number of nitrogens with zero attached hydrogens (tertiary/aromatic N) is 2. The molecule has 1 N–H and O–H groups in total. The summed E-state index contributed by atoms with van der Waals surface area (Å²) in [6.07, 6.45) is 6.89. The van der Waals surface area contributed by atoms with Gasteiger partial charge in [0, 0.05) is 37.9 Å². The third-order valence-electron chi connectivity index (χ3n) is 6.62. The van der Waals surface area contributed by atoms with Gasteiger partial charge in [0.2, 0.25) is 11.8 Å². The Morgan fingerprint density at radius 1 is 1.20 bits per heavy atom. The van der Waals surface area contributed by atoms with Crippen molar-refractivity contribution in [2.45, 2.75) is 39.5 Å². The highest BCUT2D eigenvalue weighted by Gasteiger charge is 2.47. The first-order chi connectivity index (χ1) is 14.5. The van der Waals surface area contributed by atoms with Gasteiger partial charge >= 0.3 is 0 Å². The van der Waals surface area contributed by atoms with Crippen LogP contribution in [0.25, 0.3) is 11.1 Å². The SMILES string of the molecule is CCNC(=O)[C@]1(Cc2cccc(-c3ccncc3)c2)CCCN(C(=O)[C@@H]2C[C@@H]2C)C1. The lowest BCUT2D eigenvalue weighted by atomic mass is 9.74. The van der Waals surface area contributed by atoms with Gasteiger partial charge in [-0.1, -0.05) is 31.2 Å². The van der Waals surface area contributed by atoms with Gasteiger partial charge < -0.3 is 10.2 Å². The molecule has 1 aliphatic heterocycles. The molecule has 1 aromatic carbocycles. The van der Waals surface area contributed by atoms with E-state index < -0.39 is 5.41 Å². The number of carbonyl (C=O) groups excluding carboxylic acids is 2. The van der Waals surface area contributed by atoms with Crippen LogP contribution in [0.2, 0.25) is 0 Å². The predicted molar refractivity (Wildman–Crippen MR) is 118 cm³/mol. The number of hydrogen-bond acceptors (Lipinski definition) is 3. The smallest absolute Gasteiger partial charge is 0.228 e. The molecule has 0 bridgehead atoms. The Labute approximate surface area is 178 Å². The molecule has 2 fully saturated rings. The summed E-state index contributed by atoms with van der Waals surface area (Å²) in [6.45, 7) is 5.97. The maximum Gasteiger partial charge on any atom is 0.228 e. The minimum atomic E-state index is -0.571. The topological polar surface area (TPSA) is 62.3 Å². The highest BCUT2D eigenvalue weighted by molar-refractivity contribution is 5.86. The Bertz CT molecular complexity index is 914. The zero-order valence-electron chi connectivity index (χ0n) is 17.9. The van der Waals surface area contributed by atoms with E-state index >= 15 is 0 Å². The van der Waals surface area contributed by atoms with Crippen molar-refractivity contribution in [3.8, 4) is 11.1 Å². The molecule has 2 amide bonds. The number of carbonyl (C=O) groups is 2. The standard InChI is InChI=1S/C25H31N3O2/c1-3-27-24(30)25(10-5-13-28(17-25)23(29)22-14-18(22)2)16-19-6-4-7-21(15-19)20-8-11-26-12-9-20/h4,6-9,11-12,15,18,22H,3,5,10,13-14,16-17H2,1-2H3,(H,27,30)/t18-,22+,25-/m0/s1. The van der Waals surface area contributed by atoms with E-state index in [0.717, 1.165) is 42.5 Å². The number of pyridine rings is 1. The summed E-state index contributed by atoms with van der Waals surface area (Å²) in [5.41, 5.74) is 2.79. The zero-order valence-corrected chi connectivity index (χ0v) is 17.9. The molecule has 1 saturated carbocycles. The average molecular weight is 406 g/mol. The van der Waals surface area contributed by atoms with Crippen LogP contribution in [-0.2, 0) is 16.0 Å². The van der Waals surface area contributed by atoms with Crippen molar-refractivity contribution in [2.24, 2.45) is 17.3 Å². The molecule has 0 radical (unpaired) electrons. The van der Waals surface area contributed by atoms with E-state index in [-0.39, 0.29) is 17.7 Å². The maximum absolute atomic E-state index is 13.2. The Balaban J connectivity index is 1.60. The average Bonchev–Trinajstić information content (AvgIpc) is 3.51. The number of piperidine rings is 1. The number of likely N-dealkylation sites (tertiary alicyclic amines) is 1. The van der Waals surface area contributed by atoms with Crippen LogP contribution in [0.15, 0.2) is 48.8 Å². The second-order valence-electron chi connectivity index (χ2n) is 8.94. The van der Waals surface area contributed by atoms with E-state index in [0.29, 0.717) is 25.4 Å². The first-order valence-electron chi connectivity index (χ1n) is 11.1. The monoisotopic (exact) mass is 405 g/mol. The molecule has 5 nitrogen and oxygen atoms in total. The van der Waals surface area contributed by atoms with Crippen molar-refractivity contribution in [3.05, 3.63) is 54.4 Å². The molecule has 4 rings (SSSR count). The highest BCUT2D eigenvalue weighted by Crippen LogP contribution is 2.42. The summed E-state index contributed by atoms with van der Waals surface area (Å²) in [5, 5.41) is 3.05. The Morgan fingerprint density at radius 2 is 1.97 bits per heavy atom. The molecule has 1 aliphatic carbocycles. The summed E-state index contributed by atoms with van der Waals surface area (Å²) in [5.74, 6) is 0.947. The van der Waals surface area contributed by atoms with Gasteiger partial charge in [0.05, 0.1) is 5.41 Å². The lowest BCUT2D eigenvalue weighted by Gasteiger charge is -2.42. The summed E-state index contributed by atoms with van der Waals surface area (Å²) in [4.78, 5) is 32.2. The number of rotatable bonds is 6. The molecule has 0 unspecified atom stereocenters. The third kappa shape index (κ3) is 4.25. The molecule has 1 saturated heterocycles. The third-order valence-corrected chi connectivity index (χ3v) is 6.62. The van der Waals surface area contributed by atoms with Crippen molar-refractivity contribution >= 4 is 11.8 Å². The van der Waals surface area contributed by atoms with Crippen molar-refractivity contribution in [3.63, 3.8) is 0 Å². The van der Waals surface area contributed by atoms with Gasteiger partial charge in [-0.05, 0) is 67.3 Å². The molecule has 2 aromatic rings. The van der Waals surface area contributed by atoms with Gasteiger partial charge in [-0.2, -0.15) is 0 Å². The van der Waals surface area contributed by atoms with Crippen molar-refractivity contribution in [1.82, 2.24) is 15.2 Å². The fourth-order valence-electron chi connectivity index (χ4n) is 4.77. The van der Waals surface area contributed by atoms with Crippen LogP contribution < -0.4 is 5.32 Å². The van der Waals surface area contributed by atoms with E-state index in [1.165, 1.54) is 0 Å². The van der Waals surface area contributed by atoms with Crippen molar-refractivity contribution in [1.29, 1.82) is 0 Å². The maximum atomic E-state index is 13.2. The molecular formula is C25H31N3O2. The molecule has 5 heteroatoms. The molecule has 30 heavy (non-hydrogen) atoms. The number of aromatic nitrogens is 1. The fourth-order valence-corrected chi connectivity index (χ4v) is 4.77. The summed E-state index contributed by atoms with van der Waals surface area (Å²) in [7, 11) is 0. The van der Waals surface area contributed by atoms with Crippen LogP contribution in [0, 0.1) is 17.3 Å². The van der Waals surface area contributed by atoms with Crippen LogP contribution in [0.5, 0.6) is 0 Å². The second kappa shape index (κ2) is 8.58. The molecule has 0 spiro atoms. The van der Waals surface area contributed by atoms with Gasteiger partial charge in [-0.15, -0.1) is 0 Å². The van der Waals surface area contributed by atoms with E-state index in [2.05, 4.69) is 35.4 Å².